The third-order valence-electron chi connectivity index (χ3n) is 4.59. The molecule has 2 rings (SSSR count). The van der Waals surface area contributed by atoms with E-state index in [2.05, 4.69) is 41.9 Å². The van der Waals surface area contributed by atoms with Crippen LogP contribution in [-0.2, 0) is 6.54 Å². The molecular weight excluding hydrogens is 316 g/mol. The summed E-state index contributed by atoms with van der Waals surface area (Å²) in [7, 11) is 1.76. The van der Waals surface area contributed by atoms with Crippen LogP contribution in [0.1, 0.15) is 25.8 Å². The van der Waals surface area contributed by atoms with Crippen LogP contribution in [0.15, 0.2) is 22.7 Å². The molecule has 0 radical (unpaired) electrons. The molecule has 0 spiro atoms. The number of halogens is 1. The summed E-state index contributed by atoms with van der Waals surface area (Å²) in [4.78, 5) is 3.45. The van der Waals surface area contributed by atoms with Gasteiger partial charge in [-0.25, -0.2) is 0 Å². The first-order chi connectivity index (χ1) is 9.63. The fraction of sp³-hybridized carbons (Fsp3) is 0.625. The molecule has 1 saturated heterocycles. The van der Waals surface area contributed by atoms with E-state index in [0.717, 1.165) is 22.8 Å². The summed E-state index contributed by atoms with van der Waals surface area (Å²) in [6, 6.07) is 7.10. The molecule has 1 atom stereocenters. The van der Waals surface area contributed by atoms with E-state index in [4.69, 9.17) is 4.74 Å². The van der Waals surface area contributed by atoms with Gasteiger partial charge in [0.25, 0.3) is 0 Å². The van der Waals surface area contributed by atoms with Crippen molar-refractivity contribution in [3.05, 3.63) is 28.2 Å². The lowest BCUT2D eigenvalue weighted by Crippen LogP contribution is -3.29. The molecule has 2 N–H and O–H groups in total. The van der Waals surface area contributed by atoms with Gasteiger partial charge in [0.2, 0.25) is 0 Å². The van der Waals surface area contributed by atoms with Gasteiger partial charge in [0.05, 0.1) is 13.2 Å². The van der Waals surface area contributed by atoms with Crippen molar-refractivity contribution in [2.45, 2.75) is 32.9 Å². The number of nitrogens with one attached hydrogen (secondary N) is 2. The number of piperazine rings is 1. The number of benzene rings is 1. The van der Waals surface area contributed by atoms with Gasteiger partial charge in [-0.05, 0) is 31.5 Å². The summed E-state index contributed by atoms with van der Waals surface area (Å²) in [6.45, 7) is 10.8. The Morgan fingerprint density at radius 2 is 1.95 bits per heavy atom. The standard InChI is InChI=1S/C16H25BrN2O/c1-4-13(2)19-9-7-18(8-10-19)12-14-11-15(17)5-6-16(14)20-3/h5-6,11,13H,4,7-10,12H2,1-3H3/p+2/t13-/m0/s1. The number of ether oxygens (including phenoxy) is 1. The Kier molecular flexibility index (Phi) is 5.87. The van der Waals surface area contributed by atoms with Crippen molar-refractivity contribution in [2.75, 3.05) is 33.3 Å². The molecule has 4 heteroatoms. The topological polar surface area (TPSA) is 18.1 Å². The lowest BCUT2D eigenvalue weighted by Gasteiger charge is -2.33. The van der Waals surface area contributed by atoms with Crippen LogP contribution < -0.4 is 14.5 Å². The molecular formula is C16H27BrN2O+2. The van der Waals surface area contributed by atoms with E-state index in [1.54, 1.807) is 16.9 Å². The van der Waals surface area contributed by atoms with Crippen molar-refractivity contribution in [3.63, 3.8) is 0 Å². The van der Waals surface area contributed by atoms with Crippen LogP contribution in [0.5, 0.6) is 5.75 Å². The molecule has 1 aliphatic heterocycles. The smallest absolute Gasteiger partial charge is 0.127 e. The Labute approximate surface area is 131 Å². The molecule has 1 heterocycles. The molecule has 0 unspecified atom stereocenters. The maximum atomic E-state index is 5.48. The highest BCUT2D eigenvalue weighted by atomic mass is 79.9. The molecule has 20 heavy (non-hydrogen) atoms. The number of rotatable bonds is 5. The number of hydrogen-bond donors (Lipinski definition) is 2. The van der Waals surface area contributed by atoms with Gasteiger partial charge in [-0.15, -0.1) is 0 Å². The van der Waals surface area contributed by atoms with Gasteiger partial charge >= 0.3 is 0 Å². The van der Waals surface area contributed by atoms with E-state index in [0.29, 0.717) is 0 Å². The molecule has 1 aromatic carbocycles. The average Bonchev–Trinajstić information content (AvgIpc) is 2.47. The van der Waals surface area contributed by atoms with Crippen LogP contribution >= 0.6 is 15.9 Å². The Balaban J connectivity index is 1.94. The van der Waals surface area contributed by atoms with Crippen LogP contribution in [0.4, 0.5) is 0 Å². The zero-order valence-electron chi connectivity index (χ0n) is 12.8. The Morgan fingerprint density at radius 1 is 1.25 bits per heavy atom. The van der Waals surface area contributed by atoms with Gasteiger partial charge < -0.3 is 14.5 Å². The third-order valence-corrected chi connectivity index (χ3v) is 5.08. The van der Waals surface area contributed by atoms with E-state index in [-0.39, 0.29) is 0 Å². The van der Waals surface area contributed by atoms with E-state index < -0.39 is 0 Å². The van der Waals surface area contributed by atoms with Gasteiger partial charge in [0.15, 0.2) is 0 Å². The maximum absolute atomic E-state index is 5.48. The summed E-state index contributed by atoms with van der Waals surface area (Å²) in [5.41, 5.74) is 1.31. The van der Waals surface area contributed by atoms with Gasteiger partial charge in [-0.3, -0.25) is 0 Å². The SMILES string of the molecule is CC[C@H](C)[NH+]1CC[NH+](Cc2cc(Br)ccc2OC)CC1. The number of hydrogen-bond acceptors (Lipinski definition) is 1. The van der Waals surface area contributed by atoms with Crippen molar-refractivity contribution in [1.29, 1.82) is 0 Å². The molecule has 0 saturated carbocycles. The highest BCUT2D eigenvalue weighted by molar-refractivity contribution is 9.10. The average molecular weight is 343 g/mol. The minimum absolute atomic E-state index is 0.803. The molecule has 0 bridgehead atoms. The first kappa shape index (κ1) is 15.8. The Hall–Kier alpha value is -0.580. The van der Waals surface area contributed by atoms with Crippen molar-refractivity contribution < 1.29 is 14.5 Å². The fourth-order valence-electron chi connectivity index (χ4n) is 3.04. The van der Waals surface area contributed by atoms with Gasteiger partial charge in [0.1, 0.15) is 38.5 Å². The third kappa shape index (κ3) is 3.96. The van der Waals surface area contributed by atoms with Gasteiger partial charge in [0, 0.05) is 10.0 Å². The van der Waals surface area contributed by atoms with Gasteiger partial charge in [-0.2, -0.15) is 0 Å². The second kappa shape index (κ2) is 7.43. The van der Waals surface area contributed by atoms with Gasteiger partial charge in [-0.1, -0.05) is 22.9 Å². The summed E-state index contributed by atoms with van der Waals surface area (Å²) >= 11 is 3.56. The Morgan fingerprint density at radius 3 is 2.55 bits per heavy atom. The van der Waals surface area contributed by atoms with Crippen molar-refractivity contribution in [3.8, 4) is 5.75 Å². The first-order valence-electron chi connectivity index (χ1n) is 7.64. The minimum atomic E-state index is 0.803. The molecule has 1 aromatic rings. The summed E-state index contributed by atoms with van der Waals surface area (Å²) < 4.78 is 6.61. The maximum Gasteiger partial charge on any atom is 0.127 e. The molecule has 112 valence electrons. The lowest BCUT2D eigenvalue weighted by atomic mass is 10.1. The Bertz CT molecular complexity index is 430. The quantitative estimate of drug-likeness (QED) is 0.799. The van der Waals surface area contributed by atoms with Crippen LogP contribution in [0.2, 0.25) is 0 Å². The molecule has 1 fully saturated rings. The highest BCUT2D eigenvalue weighted by Gasteiger charge is 2.26. The van der Waals surface area contributed by atoms with E-state index in [9.17, 15) is 0 Å². The summed E-state index contributed by atoms with van der Waals surface area (Å²) in [5.74, 6) is 1.01. The van der Waals surface area contributed by atoms with E-state index in [1.165, 1.54) is 38.2 Å². The molecule has 0 amide bonds. The predicted molar refractivity (Wildman–Crippen MR) is 85.5 cm³/mol. The monoisotopic (exact) mass is 342 g/mol. The number of quaternary nitrogens is 2. The molecule has 0 aliphatic carbocycles. The van der Waals surface area contributed by atoms with Crippen molar-refractivity contribution >= 4 is 15.9 Å². The second-order valence-corrected chi connectivity index (χ2v) is 6.77. The van der Waals surface area contributed by atoms with Crippen molar-refractivity contribution in [1.82, 2.24) is 0 Å². The van der Waals surface area contributed by atoms with Crippen LogP contribution in [0.25, 0.3) is 0 Å². The predicted octanol–water partition coefficient (Wildman–Crippen LogP) is 0.540. The number of methoxy groups -OCH3 is 1. The minimum Gasteiger partial charge on any atom is -0.496 e. The van der Waals surface area contributed by atoms with Crippen LogP contribution in [0, 0.1) is 0 Å². The van der Waals surface area contributed by atoms with Crippen molar-refractivity contribution in [2.24, 2.45) is 0 Å². The largest absolute Gasteiger partial charge is 0.496 e. The van der Waals surface area contributed by atoms with Crippen LogP contribution in [0.3, 0.4) is 0 Å². The lowest BCUT2D eigenvalue weighted by molar-refractivity contribution is -1.03. The normalized spacial score (nSPS) is 24.4. The highest BCUT2D eigenvalue weighted by Crippen LogP contribution is 2.22. The summed E-state index contributed by atoms with van der Waals surface area (Å²) in [6.07, 6.45) is 1.28. The van der Waals surface area contributed by atoms with Crippen LogP contribution in [-0.4, -0.2) is 39.3 Å². The second-order valence-electron chi connectivity index (χ2n) is 5.85. The summed E-state index contributed by atoms with van der Waals surface area (Å²) in [5, 5.41) is 0. The molecule has 3 nitrogen and oxygen atoms in total. The molecule has 1 aliphatic rings. The first-order valence-corrected chi connectivity index (χ1v) is 8.44. The molecule has 0 aromatic heterocycles. The zero-order chi connectivity index (χ0) is 14.5. The zero-order valence-corrected chi connectivity index (χ0v) is 14.4. The van der Waals surface area contributed by atoms with E-state index in [1.807, 2.05) is 6.07 Å². The van der Waals surface area contributed by atoms with E-state index >= 15 is 0 Å². The fourth-order valence-corrected chi connectivity index (χ4v) is 3.45.